The number of benzene rings is 1. The molecule has 6 heteroatoms. The van der Waals surface area contributed by atoms with Crippen LogP contribution in [0.15, 0.2) is 12.1 Å². The Hall–Kier alpha value is -1.69. The van der Waals surface area contributed by atoms with Gasteiger partial charge in [-0.1, -0.05) is 6.92 Å². The fraction of sp³-hybridized carbons (Fsp3) is 0.500. The quantitative estimate of drug-likeness (QED) is 0.837. The lowest BCUT2D eigenvalue weighted by molar-refractivity contribution is -0.126. The van der Waals surface area contributed by atoms with E-state index >= 15 is 0 Å². The Balaban J connectivity index is 2.92. The van der Waals surface area contributed by atoms with Gasteiger partial charge in [0.2, 0.25) is 0 Å². The molecule has 1 aromatic carbocycles. The summed E-state index contributed by atoms with van der Waals surface area (Å²) in [7, 11) is 1.42. The molecule has 0 aliphatic heterocycles. The molecule has 0 aliphatic rings. The summed E-state index contributed by atoms with van der Waals surface area (Å²) in [6.45, 7) is 3.32. The number of amides is 1. The van der Waals surface area contributed by atoms with E-state index in [1.54, 1.807) is 0 Å². The summed E-state index contributed by atoms with van der Waals surface area (Å²) in [4.78, 5) is 11.3. The van der Waals surface area contributed by atoms with Gasteiger partial charge in [-0.3, -0.25) is 4.79 Å². The number of halogens is 2. The van der Waals surface area contributed by atoms with Crippen molar-refractivity contribution >= 4 is 5.91 Å². The lowest BCUT2D eigenvalue weighted by Crippen LogP contribution is -2.34. The standard InChI is InChI=1S/C14H20F2N2O2/c1-4-10(17)5-9-6-11(15)13(12(16)7-9)20-8(2)14(19)18-3/h6-8,10H,4-5,17H2,1-3H3,(H,18,19). The molecular formula is C14H20F2N2O2. The van der Waals surface area contributed by atoms with E-state index in [-0.39, 0.29) is 6.04 Å². The Bertz CT molecular complexity index is 457. The van der Waals surface area contributed by atoms with Crippen LogP contribution in [0.3, 0.4) is 0 Å². The van der Waals surface area contributed by atoms with Crippen molar-refractivity contribution in [3.8, 4) is 5.75 Å². The zero-order chi connectivity index (χ0) is 15.3. The SMILES string of the molecule is CCC(N)Cc1cc(F)c(OC(C)C(=O)NC)c(F)c1. The molecule has 0 bridgehead atoms. The highest BCUT2D eigenvalue weighted by Gasteiger charge is 2.19. The lowest BCUT2D eigenvalue weighted by atomic mass is 10.0. The van der Waals surface area contributed by atoms with Crippen LogP contribution in [-0.2, 0) is 11.2 Å². The van der Waals surface area contributed by atoms with Gasteiger partial charge in [-0.05, 0) is 37.5 Å². The number of nitrogens with one attached hydrogen (secondary N) is 1. The highest BCUT2D eigenvalue weighted by Crippen LogP contribution is 2.25. The molecule has 20 heavy (non-hydrogen) atoms. The van der Waals surface area contributed by atoms with Crippen molar-refractivity contribution in [2.24, 2.45) is 5.73 Å². The second kappa shape index (κ2) is 7.19. The number of nitrogens with two attached hydrogens (primary N) is 1. The van der Waals surface area contributed by atoms with Crippen molar-refractivity contribution in [3.05, 3.63) is 29.3 Å². The number of hydrogen-bond acceptors (Lipinski definition) is 3. The number of carbonyl (C=O) groups excluding carboxylic acids is 1. The minimum atomic E-state index is -0.979. The van der Waals surface area contributed by atoms with E-state index < -0.39 is 29.4 Å². The van der Waals surface area contributed by atoms with Gasteiger partial charge in [-0.15, -0.1) is 0 Å². The number of rotatable bonds is 6. The minimum Gasteiger partial charge on any atom is -0.475 e. The maximum absolute atomic E-state index is 13.9. The average Bonchev–Trinajstić information content (AvgIpc) is 2.41. The molecule has 0 radical (unpaired) electrons. The molecule has 0 spiro atoms. The predicted molar refractivity (Wildman–Crippen MR) is 72.5 cm³/mol. The fourth-order valence-corrected chi connectivity index (χ4v) is 1.72. The summed E-state index contributed by atoms with van der Waals surface area (Å²) in [5, 5.41) is 2.34. The van der Waals surface area contributed by atoms with Gasteiger partial charge in [-0.2, -0.15) is 0 Å². The van der Waals surface area contributed by atoms with Gasteiger partial charge < -0.3 is 15.8 Å². The summed E-state index contributed by atoms with van der Waals surface area (Å²) in [5.41, 5.74) is 6.22. The first-order valence-corrected chi connectivity index (χ1v) is 6.50. The highest BCUT2D eigenvalue weighted by molar-refractivity contribution is 5.80. The van der Waals surface area contributed by atoms with Crippen LogP contribution < -0.4 is 15.8 Å². The minimum absolute atomic E-state index is 0.148. The molecule has 112 valence electrons. The van der Waals surface area contributed by atoms with Gasteiger partial charge in [0, 0.05) is 13.1 Å². The molecule has 1 aromatic rings. The third kappa shape index (κ3) is 4.16. The molecule has 0 aromatic heterocycles. The largest absolute Gasteiger partial charge is 0.475 e. The van der Waals surface area contributed by atoms with Crippen molar-refractivity contribution in [2.75, 3.05) is 7.05 Å². The summed E-state index contributed by atoms with van der Waals surface area (Å²) >= 11 is 0. The van der Waals surface area contributed by atoms with E-state index in [0.717, 1.165) is 6.42 Å². The van der Waals surface area contributed by atoms with Crippen molar-refractivity contribution in [2.45, 2.75) is 38.8 Å². The van der Waals surface area contributed by atoms with Crippen LogP contribution in [0.1, 0.15) is 25.8 Å². The second-order valence-corrected chi connectivity index (χ2v) is 4.64. The zero-order valence-electron chi connectivity index (χ0n) is 11.9. The third-order valence-corrected chi connectivity index (χ3v) is 2.99. The summed E-state index contributed by atoms with van der Waals surface area (Å²) < 4.78 is 32.7. The summed E-state index contributed by atoms with van der Waals surface area (Å²) in [6, 6.07) is 2.22. The molecule has 2 unspecified atom stereocenters. The van der Waals surface area contributed by atoms with Gasteiger partial charge in [0.15, 0.2) is 23.5 Å². The molecular weight excluding hydrogens is 266 g/mol. The fourth-order valence-electron chi connectivity index (χ4n) is 1.72. The molecule has 0 aliphatic carbocycles. The lowest BCUT2D eigenvalue weighted by Gasteiger charge is -2.16. The van der Waals surface area contributed by atoms with Crippen molar-refractivity contribution < 1.29 is 18.3 Å². The first-order valence-electron chi connectivity index (χ1n) is 6.50. The smallest absolute Gasteiger partial charge is 0.260 e. The summed E-state index contributed by atoms with van der Waals surface area (Å²) in [5.74, 6) is -2.67. The average molecular weight is 286 g/mol. The third-order valence-electron chi connectivity index (χ3n) is 2.99. The van der Waals surface area contributed by atoms with Gasteiger partial charge in [0.25, 0.3) is 5.91 Å². The molecule has 1 rings (SSSR count). The van der Waals surface area contributed by atoms with Crippen molar-refractivity contribution in [1.29, 1.82) is 0 Å². The van der Waals surface area contributed by atoms with Crippen LogP contribution in [0, 0.1) is 11.6 Å². The van der Waals surface area contributed by atoms with E-state index in [4.69, 9.17) is 10.5 Å². The Morgan fingerprint density at radius 3 is 2.40 bits per heavy atom. The Kier molecular flexibility index (Phi) is 5.88. The molecule has 2 atom stereocenters. The molecule has 0 heterocycles. The van der Waals surface area contributed by atoms with E-state index in [1.807, 2.05) is 6.92 Å². The van der Waals surface area contributed by atoms with E-state index in [9.17, 15) is 13.6 Å². The highest BCUT2D eigenvalue weighted by atomic mass is 19.1. The second-order valence-electron chi connectivity index (χ2n) is 4.64. The first-order chi connectivity index (χ1) is 9.38. The Morgan fingerprint density at radius 1 is 1.40 bits per heavy atom. The van der Waals surface area contributed by atoms with Crippen molar-refractivity contribution in [1.82, 2.24) is 5.32 Å². The number of hydrogen-bond donors (Lipinski definition) is 2. The van der Waals surface area contributed by atoms with Crippen LogP contribution in [0.4, 0.5) is 8.78 Å². The molecule has 0 saturated heterocycles. The van der Waals surface area contributed by atoms with E-state index in [2.05, 4.69) is 5.32 Å². The Labute approximate surface area is 117 Å². The zero-order valence-corrected chi connectivity index (χ0v) is 11.9. The number of likely N-dealkylation sites (N-methyl/N-ethyl adjacent to an activating group) is 1. The van der Waals surface area contributed by atoms with Crippen LogP contribution in [-0.4, -0.2) is 25.1 Å². The van der Waals surface area contributed by atoms with Crippen LogP contribution in [0.2, 0.25) is 0 Å². The van der Waals surface area contributed by atoms with Gasteiger partial charge >= 0.3 is 0 Å². The number of carbonyl (C=O) groups is 1. The Morgan fingerprint density at radius 2 is 1.95 bits per heavy atom. The van der Waals surface area contributed by atoms with Crippen LogP contribution in [0.5, 0.6) is 5.75 Å². The van der Waals surface area contributed by atoms with Gasteiger partial charge in [-0.25, -0.2) is 8.78 Å². The van der Waals surface area contributed by atoms with E-state index in [1.165, 1.54) is 26.1 Å². The molecule has 3 N–H and O–H groups in total. The maximum atomic E-state index is 13.9. The topological polar surface area (TPSA) is 64.3 Å². The molecule has 1 amide bonds. The van der Waals surface area contributed by atoms with Crippen LogP contribution >= 0.6 is 0 Å². The normalized spacial score (nSPS) is 13.7. The van der Waals surface area contributed by atoms with Gasteiger partial charge in [0.05, 0.1) is 0 Å². The predicted octanol–water partition coefficient (Wildman–Crippen LogP) is 1.76. The molecule has 0 fully saturated rings. The van der Waals surface area contributed by atoms with Crippen LogP contribution in [0.25, 0.3) is 0 Å². The van der Waals surface area contributed by atoms with Gasteiger partial charge in [0.1, 0.15) is 0 Å². The monoisotopic (exact) mass is 286 g/mol. The van der Waals surface area contributed by atoms with E-state index in [0.29, 0.717) is 12.0 Å². The molecule has 4 nitrogen and oxygen atoms in total. The maximum Gasteiger partial charge on any atom is 0.260 e. The summed E-state index contributed by atoms with van der Waals surface area (Å²) in [6.07, 6.45) is 0.123. The number of ether oxygens (including phenoxy) is 1. The first kappa shape index (κ1) is 16.4. The van der Waals surface area contributed by atoms with Crippen molar-refractivity contribution in [3.63, 3.8) is 0 Å². The molecule has 0 saturated carbocycles.